The molecule has 0 N–H and O–H groups in total. The first-order valence-electron chi connectivity index (χ1n) is 2.87. The van der Waals surface area contributed by atoms with Gasteiger partial charge in [0.2, 0.25) is 0 Å². The van der Waals surface area contributed by atoms with Gasteiger partial charge in [0.05, 0.1) is 3.74 Å². The van der Waals surface area contributed by atoms with Gasteiger partial charge >= 0.3 is 0 Å². The van der Waals surface area contributed by atoms with E-state index >= 15 is 0 Å². The zero-order valence-corrected chi connectivity index (χ0v) is 8.15. The van der Waals surface area contributed by atoms with Crippen molar-refractivity contribution in [3.8, 4) is 0 Å². The molecule has 0 aliphatic heterocycles. The van der Waals surface area contributed by atoms with Crippen LogP contribution in [0.4, 0.5) is 0 Å². The highest BCUT2D eigenvalue weighted by Crippen LogP contribution is 2.36. The highest BCUT2D eigenvalue weighted by Gasteiger charge is 2.11. The van der Waals surface area contributed by atoms with Gasteiger partial charge in [0.15, 0.2) is 0 Å². The topological polar surface area (TPSA) is 13.1 Å². The van der Waals surface area contributed by atoms with Crippen LogP contribution in [-0.2, 0) is 0 Å². The van der Waals surface area contributed by atoms with Crippen LogP contribution in [0.1, 0.15) is 9.30 Å². The molecule has 2 bridgehead atoms. The molecule has 2 aromatic rings. The third-order valence-electron chi connectivity index (χ3n) is 1.44. The maximum absolute atomic E-state index is 5.32. The van der Waals surface area contributed by atoms with E-state index in [1.54, 1.807) is 0 Å². The fourth-order valence-corrected chi connectivity index (χ4v) is 1.70. The van der Waals surface area contributed by atoms with Crippen molar-refractivity contribution in [3.05, 3.63) is 23.8 Å². The van der Waals surface area contributed by atoms with E-state index in [1.165, 1.54) is 0 Å². The Bertz CT molecular complexity index is 326. The van der Waals surface area contributed by atoms with Gasteiger partial charge in [-0.05, 0) is 18.2 Å². The number of rotatable bonds is 1. The molecule has 3 heteroatoms. The van der Waals surface area contributed by atoms with Crippen LogP contribution < -0.4 is 0 Å². The molecule has 52 valence electrons. The van der Waals surface area contributed by atoms with E-state index in [4.69, 9.17) is 4.42 Å². The third-order valence-corrected chi connectivity index (χ3v) is 2.43. The van der Waals surface area contributed by atoms with Crippen LogP contribution >= 0.6 is 31.9 Å². The summed E-state index contributed by atoms with van der Waals surface area (Å²) in [5.41, 5.74) is 3.06. The van der Waals surface area contributed by atoms with Crippen LogP contribution in [0.3, 0.4) is 0 Å². The normalized spacial score (nSPS) is 11.9. The lowest BCUT2D eigenvalue weighted by atomic mass is 10.2. The summed E-state index contributed by atoms with van der Waals surface area (Å²) in [7, 11) is 0. The van der Waals surface area contributed by atoms with Crippen molar-refractivity contribution >= 4 is 43.0 Å². The van der Waals surface area contributed by atoms with E-state index in [9.17, 15) is 0 Å². The second kappa shape index (κ2) is 2.24. The maximum Gasteiger partial charge on any atom is 0.132 e. The molecule has 0 unspecified atom stereocenters. The number of hydrogen-bond donors (Lipinski definition) is 0. The predicted molar refractivity (Wildman–Crippen MR) is 48.0 cm³/mol. The average molecular weight is 264 g/mol. The van der Waals surface area contributed by atoms with E-state index in [2.05, 4.69) is 31.9 Å². The molecule has 0 aromatic carbocycles. The molecule has 0 amide bonds. The second-order valence-corrected chi connectivity index (χ2v) is 5.16. The predicted octanol–water partition coefficient (Wildman–Crippen LogP) is 3.66. The van der Waals surface area contributed by atoms with Gasteiger partial charge in [-0.15, -0.1) is 0 Å². The molecule has 2 heterocycles. The molecule has 0 fully saturated rings. The molecule has 0 saturated heterocycles. The Balaban J connectivity index is 2.62. The molecule has 0 atom stereocenters. The van der Waals surface area contributed by atoms with Gasteiger partial charge < -0.3 is 4.42 Å². The lowest BCUT2D eigenvalue weighted by Gasteiger charge is -1.94. The first kappa shape index (κ1) is 6.68. The number of halogens is 2. The summed E-state index contributed by atoms with van der Waals surface area (Å²) in [5.74, 6) is 0. The van der Waals surface area contributed by atoms with Crippen LogP contribution in [0.5, 0.6) is 0 Å². The van der Waals surface area contributed by atoms with Gasteiger partial charge in [-0.2, -0.15) is 0 Å². The number of furan rings is 2. The summed E-state index contributed by atoms with van der Waals surface area (Å²) in [6, 6.07) is 5.95. The van der Waals surface area contributed by atoms with Crippen molar-refractivity contribution in [1.29, 1.82) is 0 Å². The zero-order chi connectivity index (χ0) is 7.14. The molecule has 0 saturated carbocycles. The van der Waals surface area contributed by atoms with E-state index in [0.717, 1.165) is 16.7 Å². The average Bonchev–Trinajstić information content (AvgIpc) is 2.44. The minimum absolute atomic E-state index is 0.206. The Hall–Kier alpha value is -0.0200. The van der Waals surface area contributed by atoms with Gasteiger partial charge in [0, 0.05) is 5.56 Å². The monoisotopic (exact) mass is 262 g/mol. The van der Waals surface area contributed by atoms with Gasteiger partial charge in [-0.25, -0.2) is 0 Å². The quantitative estimate of drug-likeness (QED) is 0.716. The Labute approximate surface area is 75.0 Å². The van der Waals surface area contributed by atoms with Crippen LogP contribution in [0.25, 0.3) is 11.2 Å². The Morgan fingerprint density at radius 3 is 2.40 bits per heavy atom. The summed E-state index contributed by atoms with van der Waals surface area (Å²) in [6.07, 6.45) is 0. The molecule has 0 spiro atoms. The van der Waals surface area contributed by atoms with E-state index in [1.807, 2.05) is 18.2 Å². The molecule has 0 radical (unpaired) electrons. The SMILES string of the molecule is BrC(Br)c1cc2ccc1o2. The number of hydrogen-bond acceptors (Lipinski definition) is 1. The number of fused-ring (bicyclic) bond motifs is 2. The van der Waals surface area contributed by atoms with E-state index < -0.39 is 0 Å². The van der Waals surface area contributed by atoms with Gasteiger partial charge in [0.1, 0.15) is 11.2 Å². The van der Waals surface area contributed by atoms with Crippen LogP contribution in [0.15, 0.2) is 22.6 Å². The van der Waals surface area contributed by atoms with Crippen molar-refractivity contribution in [2.45, 2.75) is 3.74 Å². The fraction of sp³-hybridized carbons (Fsp3) is 0.143. The molecular weight excluding hydrogens is 260 g/mol. The Kier molecular flexibility index (Phi) is 1.49. The Morgan fingerprint density at radius 1 is 1.30 bits per heavy atom. The first-order chi connectivity index (χ1) is 4.77. The molecule has 0 aliphatic rings. The molecule has 1 nitrogen and oxygen atoms in total. The maximum atomic E-state index is 5.32. The largest absolute Gasteiger partial charge is 0.457 e. The third kappa shape index (κ3) is 0.883. The molecule has 10 heavy (non-hydrogen) atoms. The summed E-state index contributed by atoms with van der Waals surface area (Å²) < 4.78 is 5.52. The van der Waals surface area contributed by atoms with Crippen molar-refractivity contribution < 1.29 is 4.42 Å². The van der Waals surface area contributed by atoms with Crippen molar-refractivity contribution in [2.24, 2.45) is 0 Å². The number of benzene rings is 1. The molecule has 2 aromatic heterocycles. The Morgan fingerprint density at radius 2 is 2.10 bits per heavy atom. The lowest BCUT2D eigenvalue weighted by Crippen LogP contribution is -1.74. The summed E-state index contributed by atoms with van der Waals surface area (Å²) in [5, 5.41) is 0. The fourth-order valence-electron chi connectivity index (χ4n) is 0.980. The van der Waals surface area contributed by atoms with Gasteiger partial charge in [0.25, 0.3) is 0 Å². The minimum atomic E-state index is 0.206. The van der Waals surface area contributed by atoms with Crippen molar-refractivity contribution in [3.63, 3.8) is 0 Å². The van der Waals surface area contributed by atoms with Gasteiger partial charge in [-0.1, -0.05) is 31.9 Å². The summed E-state index contributed by atoms with van der Waals surface area (Å²) >= 11 is 6.81. The summed E-state index contributed by atoms with van der Waals surface area (Å²) in [4.78, 5) is 0. The number of alkyl halides is 2. The van der Waals surface area contributed by atoms with Gasteiger partial charge in [-0.3, -0.25) is 0 Å². The van der Waals surface area contributed by atoms with Crippen molar-refractivity contribution in [1.82, 2.24) is 0 Å². The summed E-state index contributed by atoms with van der Waals surface area (Å²) in [6.45, 7) is 0. The molecule has 0 aliphatic carbocycles. The second-order valence-electron chi connectivity index (χ2n) is 2.10. The molecular formula is C7H4Br2O. The highest BCUT2D eigenvalue weighted by molar-refractivity contribution is 9.24. The zero-order valence-electron chi connectivity index (χ0n) is 4.97. The highest BCUT2D eigenvalue weighted by atomic mass is 79.9. The first-order valence-corrected chi connectivity index (χ1v) is 4.70. The smallest absolute Gasteiger partial charge is 0.132 e. The van der Waals surface area contributed by atoms with Crippen LogP contribution in [0, 0.1) is 0 Å². The van der Waals surface area contributed by atoms with Crippen molar-refractivity contribution in [2.75, 3.05) is 0 Å². The van der Waals surface area contributed by atoms with E-state index in [0.29, 0.717) is 0 Å². The van der Waals surface area contributed by atoms with Crippen LogP contribution in [0.2, 0.25) is 0 Å². The standard InChI is InChI=1S/C7H4Br2O/c8-7(9)5-3-4-1-2-6(5)10-4/h1-3,7H. The minimum Gasteiger partial charge on any atom is -0.457 e. The molecule has 2 rings (SSSR count). The van der Waals surface area contributed by atoms with Crippen LogP contribution in [-0.4, -0.2) is 0 Å². The lowest BCUT2D eigenvalue weighted by molar-refractivity contribution is 0.673. The van der Waals surface area contributed by atoms with E-state index in [-0.39, 0.29) is 3.74 Å².